The van der Waals surface area contributed by atoms with Crippen molar-refractivity contribution in [1.82, 2.24) is 24.9 Å². The standard InChI is InChI=1S/C16H25N5O3.2ClH/c1-19-7-8-20(11-14(19)16(23)24-2)15(22)4-3-12-9-13-10-17-5-6-21(13)18-12;;/h9,14,17H,3-8,10-11H2,1-2H3;2*1H. The summed E-state index contributed by atoms with van der Waals surface area (Å²) in [7, 11) is 3.26. The number of rotatable bonds is 4. The Balaban J connectivity index is 0.00000169. The van der Waals surface area contributed by atoms with E-state index in [-0.39, 0.29) is 42.7 Å². The Morgan fingerprint density at radius 3 is 2.77 bits per heavy atom. The van der Waals surface area contributed by atoms with Gasteiger partial charge in [-0.3, -0.25) is 19.2 Å². The van der Waals surface area contributed by atoms with E-state index >= 15 is 0 Å². The highest BCUT2D eigenvalue weighted by molar-refractivity contribution is 5.85. The highest BCUT2D eigenvalue weighted by Crippen LogP contribution is 2.13. The van der Waals surface area contributed by atoms with Crippen molar-refractivity contribution in [1.29, 1.82) is 0 Å². The summed E-state index contributed by atoms with van der Waals surface area (Å²) in [4.78, 5) is 28.0. The number of likely N-dealkylation sites (N-methyl/N-ethyl adjacent to an activating group) is 1. The SMILES string of the molecule is COC(=O)C1CN(C(=O)CCc2cc3n(n2)CCNC3)CCN1C.Cl.Cl. The summed E-state index contributed by atoms with van der Waals surface area (Å²) in [6.45, 7) is 4.36. The maximum absolute atomic E-state index is 12.5. The predicted molar refractivity (Wildman–Crippen MR) is 102 cm³/mol. The van der Waals surface area contributed by atoms with E-state index in [1.54, 1.807) is 4.90 Å². The number of piperazine rings is 1. The molecule has 1 aromatic rings. The molecule has 3 heterocycles. The van der Waals surface area contributed by atoms with E-state index in [1.165, 1.54) is 12.8 Å². The van der Waals surface area contributed by atoms with Crippen LogP contribution < -0.4 is 5.32 Å². The minimum atomic E-state index is -0.376. The summed E-state index contributed by atoms with van der Waals surface area (Å²) < 4.78 is 6.84. The number of fused-ring (bicyclic) bond motifs is 1. The molecule has 1 fully saturated rings. The van der Waals surface area contributed by atoms with Crippen LogP contribution in [0.25, 0.3) is 0 Å². The van der Waals surface area contributed by atoms with E-state index in [1.807, 2.05) is 16.6 Å². The predicted octanol–water partition coefficient (Wildman–Crippen LogP) is 0.0781. The summed E-state index contributed by atoms with van der Waals surface area (Å²) in [5.41, 5.74) is 2.13. The maximum atomic E-state index is 12.5. The first-order chi connectivity index (χ1) is 11.6. The van der Waals surface area contributed by atoms with Crippen LogP contribution in [0, 0.1) is 0 Å². The minimum Gasteiger partial charge on any atom is -0.468 e. The number of halogens is 2. The van der Waals surface area contributed by atoms with Gasteiger partial charge < -0.3 is 15.0 Å². The first-order valence-electron chi connectivity index (χ1n) is 8.40. The van der Waals surface area contributed by atoms with Gasteiger partial charge in [-0.2, -0.15) is 5.10 Å². The van der Waals surface area contributed by atoms with Gasteiger partial charge in [0.05, 0.1) is 25.0 Å². The Bertz CT molecular complexity index is 602. The summed E-state index contributed by atoms with van der Waals surface area (Å²) >= 11 is 0. The number of amides is 1. The fourth-order valence-corrected chi connectivity index (χ4v) is 3.26. The van der Waals surface area contributed by atoms with Crippen molar-refractivity contribution in [2.45, 2.75) is 32.0 Å². The Hall–Kier alpha value is -1.35. The van der Waals surface area contributed by atoms with Crippen LogP contribution in [-0.4, -0.2) is 77.8 Å². The Morgan fingerprint density at radius 2 is 2.08 bits per heavy atom. The Kier molecular flexibility index (Phi) is 8.82. The van der Waals surface area contributed by atoms with Crippen molar-refractivity contribution in [3.8, 4) is 0 Å². The van der Waals surface area contributed by atoms with Crippen LogP contribution in [0.1, 0.15) is 17.8 Å². The lowest BCUT2D eigenvalue weighted by atomic mass is 10.1. The third kappa shape index (κ3) is 5.09. The molecule has 1 N–H and O–H groups in total. The normalized spacial score (nSPS) is 19.8. The number of nitrogens with zero attached hydrogens (tertiary/aromatic N) is 4. The molecule has 2 aliphatic rings. The largest absolute Gasteiger partial charge is 0.468 e. The number of nitrogens with one attached hydrogen (secondary N) is 1. The third-order valence-corrected chi connectivity index (χ3v) is 4.79. The van der Waals surface area contributed by atoms with Crippen molar-refractivity contribution in [3.63, 3.8) is 0 Å². The molecule has 26 heavy (non-hydrogen) atoms. The summed E-state index contributed by atoms with van der Waals surface area (Å²) in [6.07, 6.45) is 1.05. The lowest BCUT2D eigenvalue weighted by Crippen LogP contribution is -2.56. The molecule has 1 aromatic heterocycles. The smallest absolute Gasteiger partial charge is 0.324 e. The number of ether oxygens (including phenoxy) is 1. The van der Waals surface area contributed by atoms with E-state index in [2.05, 4.69) is 16.5 Å². The van der Waals surface area contributed by atoms with E-state index < -0.39 is 0 Å². The zero-order valence-electron chi connectivity index (χ0n) is 15.1. The molecule has 0 aliphatic carbocycles. The van der Waals surface area contributed by atoms with E-state index in [9.17, 15) is 9.59 Å². The molecule has 148 valence electrons. The van der Waals surface area contributed by atoms with E-state index in [4.69, 9.17) is 4.74 Å². The Morgan fingerprint density at radius 1 is 1.31 bits per heavy atom. The molecule has 2 aliphatic heterocycles. The monoisotopic (exact) mass is 407 g/mol. The van der Waals surface area contributed by atoms with Crippen LogP contribution in [0.15, 0.2) is 6.07 Å². The van der Waals surface area contributed by atoms with Crippen LogP contribution in [-0.2, 0) is 33.8 Å². The van der Waals surface area contributed by atoms with Gasteiger partial charge >= 0.3 is 5.97 Å². The number of hydrogen-bond acceptors (Lipinski definition) is 6. The van der Waals surface area contributed by atoms with Crippen molar-refractivity contribution in [2.75, 3.05) is 40.3 Å². The fraction of sp³-hybridized carbons (Fsp3) is 0.688. The molecule has 0 radical (unpaired) electrons. The summed E-state index contributed by atoms with van der Waals surface area (Å²) in [6, 6.07) is 1.69. The average Bonchev–Trinajstić information content (AvgIpc) is 3.02. The maximum Gasteiger partial charge on any atom is 0.324 e. The zero-order valence-corrected chi connectivity index (χ0v) is 16.8. The molecule has 1 amide bonds. The number of aromatic nitrogens is 2. The van der Waals surface area contributed by atoms with Crippen LogP contribution in [0.4, 0.5) is 0 Å². The number of methoxy groups -OCH3 is 1. The molecule has 8 nitrogen and oxygen atoms in total. The number of esters is 1. The van der Waals surface area contributed by atoms with Gasteiger partial charge in [-0.15, -0.1) is 24.8 Å². The second-order valence-corrected chi connectivity index (χ2v) is 6.39. The molecule has 3 rings (SSSR count). The van der Waals surface area contributed by atoms with Gasteiger partial charge in [-0.1, -0.05) is 0 Å². The molecule has 0 bridgehead atoms. The van der Waals surface area contributed by atoms with Gasteiger partial charge in [0.25, 0.3) is 0 Å². The van der Waals surface area contributed by atoms with Gasteiger partial charge in [-0.05, 0) is 13.1 Å². The van der Waals surface area contributed by atoms with E-state index in [0.717, 1.165) is 25.3 Å². The number of carbonyl (C=O) groups is 2. The van der Waals surface area contributed by atoms with Crippen LogP contribution in [0.2, 0.25) is 0 Å². The van der Waals surface area contributed by atoms with Gasteiger partial charge in [0.1, 0.15) is 6.04 Å². The fourth-order valence-electron chi connectivity index (χ4n) is 3.26. The molecule has 1 atom stereocenters. The van der Waals surface area contributed by atoms with Gasteiger partial charge in [0.15, 0.2) is 0 Å². The van der Waals surface area contributed by atoms with Gasteiger partial charge in [0, 0.05) is 45.6 Å². The molecule has 0 spiro atoms. The first kappa shape index (κ1) is 22.7. The highest BCUT2D eigenvalue weighted by Gasteiger charge is 2.32. The topological polar surface area (TPSA) is 79.7 Å². The molecular formula is C16H27Cl2N5O3. The molecule has 1 unspecified atom stereocenters. The van der Waals surface area contributed by atoms with Gasteiger partial charge in [0.2, 0.25) is 5.91 Å². The number of aryl methyl sites for hydroxylation is 1. The molecule has 10 heteroatoms. The molecule has 0 saturated carbocycles. The van der Waals surface area contributed by atoms with Crippen LogP contribution >= 0.6 is 24.8 Å². The second-order valence-electron chi connectivity index (χ2n) is 6.39. The zero-order chi connectivity index (χ0) is 17.1. The number of carbonyl (C=O) groups excluding carboxylic acids is 2. The third-order valence-electron chi connectivity index (χ3n) is 4.79. The Labute approximate surface area is 166 Å². The van der Waals surface area contributed by atoms with Crippen LogP contribution in [0.3, 0.4) is 0 Å². The van der Waals surface area contributed by atoms with Crippen LogP contribution in [0.5, 0.6) is 0 Å². The second kappa shape index (κ2) is 10.1. The van der Waals surface area contributed by atoms with Crippen molar-refractivity contribution >= 4 is 36.7 Å². The average molecular weight is 408 g/mol. The van der Waals surface area contributed by atoms with Crippen molar-refractivity contribution in [2.24, 2.45) is 0 Å². The van der Waals surface area contributed by atoms with E-state index in [0.29, 0.717) is 32.5 Å². The van der Waals surface area contributed by atoms with Crippen molar-refractivity contribution in [3.05, 3.63) is 17.5 Å². The quantitative estimate of drug-likeness (QED) is 0.711. The molecule has 1 saturated heterocycles. The highest BCUT2D eigenvalue weighted by atomic mass is 35.5. The van der Waals surface area contributed by atoms with Gasteiger partial charge in [-0.25, -0.2) is 0 Å². The summed E-state index contributed by atoms with van der Waals surface area (Å²) in [5.74, 6) is -0.217. The lowest BCUT2D eigenvalue weighted by Gasteiger charge is -2.37. The summed E-state index contributed by atoms with van der Waals surface area (Å²) in [5, 5.41) is 7.87. The first-order valence-corrected chi connectivity index (χ1v) is 8.40. The van der Waals surface area contributed by atoms with Crippen molar-refractivity contribution < 1.29 is 14.3 Å². The minimum absolute atomic E-state index is 0. The molecule has 0 aromatic carbocycles. The number of hydrogen-bond donors (Lipinski definition) is 1. The lowest BCUT2D eigenvalue weighted by molar-refractivity contribution is -0.150. The molecular weight excluding hydrogens is 381 g/mol.